The predicted molar refractivity (Wildman–Crippen MR) is 109 cm³/mol. The molecule has 0 unspecified atom stereocenters. The second-order valence-corrected chi connectivity index (χ2v) is 5.93. The maximum Gasteiger partial charge on any atom is 0.247 e. The lowest BCUT2D eigenvalue weighted by Gasteiger charge is -1.98. The van der Waals surface area contributed by atoms with E-state index >= 15 is 0 Å². The van der Waals surface area contributed by atoms with Gasteiger partial charge in [-0.3, -0.25) is 4.79 Å². The van der Waals surface area contributed by atoms with Crippen LogP contribution in [0.25, 0.3) is 33.0 Å². The number of para-hydroxylation sites is 1. The largest absolute Gasteiger partial charge is 0.491 e. The van der Waals surface area contributed by atoms with E-state index in [1.165, 1.54) is 24.7 Å². The fraction of sp³-hybridized carbons (Fsp3) is 0. The zero-order chi connectivity index (χ0) is 20.1. The van der Waals surface area contributed by atoms with Crippen LogP contribution >= 0.6 is 0 Å². The van der Waals surface area contributed by atoms with Crippen molar-refractivity contribution in [3.8, 4) is 5.88 Å². The monoisotopic (exact) mass is 385 g/mol. The number of aromatic nitrogens is 5. The predicted octanol–water partition coefficient (Wildman–Crippen LogP) is 3.52. The van der Waals surface area contributed by atoms with Gasteiger partial charge in [-0.15, -0.1) is 0 Å². The molecule has 0 radical (unpaired) electrons. The smallest absolute Gasteiger partial charge is 0.247 e. The van der Waals surface area contributed by atoms with Gasteiger partial charge in [0.05, 0.1) is 11.0 Å². The molecular formula is C21H15N5O3. The third-order valence-electron chi connectivity index (χ3n) is 3.96. The second kappa shape index (κ2) is 8.13. The summed E-state index contributed by atoms with van der Waals surface area (Å²) in [7, 11) is 0. The minimum absolute atomic E-state index is 0.354. The Balaban J connectivity index is 2.16. The van der Waals surface area contributed by atoms with E-state index in [4.69, 9.17) is 4.42 Å². The van der Waals surface area contributed by atoms with Crippen molar-refractivity contribution in [1.29, 1.82) is 0 Å². The lowest BCUT2D eigenvalue weighted by Crippen LogP contribution is -1.97. The van der Waals surface area contributed by atoms with Crippen LogP contribution in [0.5, 0.6) is 5.88 Å². The summed E-state index contributed by atoms with van der Waals surface area (Å²) in [6, 6.07) is 15.3. The Kier molecular flexibility index (Phi) is 5.06. The minimum Gasteiger partial charge on any atom is -0.491 e. The Morgan fingerprint density at radius 3 is 2.76 bits per heavy atom. The van der Waals surface area contributed by atoms with Crippen LogP contribution in [0.3, 0.4) is 0 Å². The third kappa shape index (κ3) is 4.33. The molecular weight excluding hydrogens is 370 g/mol. The molecule has 2 aromatic heterocycles. The van der Waals surface area contributed by atoms with Crippen LogP contribution in [0, 0.1) is 0 Å². The molecule has 2 bridgehead atoms. The van der Waals surface area contributed by atoms with Crippen LogP contribution in [0.4, 0.5) is 0 Å². The average molecular weight is 385 g/mol. The Bertz CT molecular complexity index is 1410. The maximum absolute atomic E-state index is 12.0. The van der Waals surface area contributed by atoms with Crippen LogP contribution in [0.2, 0.25) is 0 Å². The standard InChI is InChI=1S/C21H15N5O3/c27-19-6-3-9-22-20(28)12-29-15-7-8-18-16(10-15)21(25-13-24-18)26-17-5-2-1-4-14(17)11-23-19/h1-13,28H,(H,23,27). The van der Waals surface area contributed by atoms with E-state index in [0.29, 0.717) is 33.0 Å². The molecule has 0 spiro atoms. The zero-order valence-corrected chi connectivity index (χ0v) is 15.1. The topological polar surface area (TPSA) is 118 Å². The van der Waals surface area contributed by atoms with Crippen molar-refractivity contribution in [3.05, 3.63) is 89.9 Å². The van der Waals surface area contributed by atoms with Crippen molar-refractivity contribution in [3.63, 3.8) is 0 Å². The first kappa shape index (κ1) is 18.1. The van der Waals surface area contributed by atoms with Gasteiger partial charge in [0.25, 0.3) is 0 Å². The van der Waals surface area contributed by atoms with Gasteiger partial charge in [0, 0.05) is 29.2 Å². The minimum atomic E-state index is -0.355. The van der Waals surface area contributed by atoms with Crippen molar-refractivity contribution < 1.29 is 9.52 Å². The zero-order valence-electron chi connectivity index (χ0n) is 15.1. The highest BCUT2D eigenvalue weighted by atomic mass is 16.3. The Morgan fingerprint density at radius 1 is 0.931 bits per heavy atom. The molecule has 0 atom stereocenters. The maximum atomic E-state index is 12.0. The fourth-order valence-corrected chi connectivity index (χ4v) is 2.61. The van der Waals surface area contributed by atoms with Crippen LogP contribution in [-0.4, -0.2) is 30.0 Å². The van der Waals surface area contributed by atoms with Gasteiger partial charge in [-0.2, -0.15) is 0 Å². The number of aromatic amines is 1. The van der Waals surface area contributed by atoms with Gasteiger partial charge in [-0.25, -0.2) is 19.9 Å². The molecule has 8 heteroatoms. The summed E-state index contributed by atoms with van der Waals surface area (Å²) < 4.78 is 5.46. The number of nitrogens with one attached hydrogen (secondary N) is 1. The summed E-state index contributed by atoms with van der Waals surface area (Å²) in [6.07, 6.45) is 5.37. The summed E-state index contributed by atoms with van der Waals surface area (Å²) in [5.74, 6) is -0.354. The summed E-state index contributed by atoms with van der Waals surface area (Å²) in [4.78, 5) is 31.6. The number of hydrogen-bond donors (Lipinski definition) is 2. The van der Waals surface area contributed by atoms with E-state index in [0.717, 1.165) is 6.26 Å². The van der Waals surface area contributed by atoms with Crippen LogP contribution in [0.1, 0.15) is 0 Å². The Morgan fingerprint density at radius 2 is 1.83 bits per heavy atom. The lowest BCUT2D eigenvalue weighted by molar-refractivity contribution is 0.429. The Hall–Kier alpha value is -4.33. The molecule has 2 heterocycles. The number of hydrogen-bond acceptors (Lipinski definition) is 7. The third-order valence-corrected chi connectivity index (χ3v) is 3.96. The van der Waals surface area contributed by atoms with E-state index in [9.17, 15) is 9.90 Å². The first-order valence-corrected chi connectivity index (χ1v) is 8.65. The van der Waals surface area contributed by atoms with E-state index in [2.05, 4.69) is 24.9 Å². The first-order chi connectivity index (χ1) is 14.2. The fourth-order valence-electron chi connectivity index (χ4n) is 2.61. The number of rotatable bonds is 0. The summed E-state index contributed by atoms with van der Waals surface area (Å²) in [6.45, 7) is 0. The number of benzene rings is 2. The van der Waals surface area contributed by atoms with Crippen molar-refractivity contribution >= 4 is 33.0 Å². The molecule has 0 aliphatic carbocycles. The highest BCUT2D eigenvalue weighted by molar-refractivity contribution is 5.94. The van der Waals surface area contributed by atoms with Gasteiger partial charge in [0.1, 0.15) is 11.9 Å². The molecule has 8 nitrogen and oxygen atoms in total. The normalized spacial score (nSPS) is 10.3. The molecule has 0 aliphatic rings. The second-order valence-electron chi connectivity index (χ2n) is 5.93. The Labute approximate surface area is 163 Å². The highest BCUT2D eigenvalue weighted by Crippen LogP contribution is 2.18. The van der Waals surface area contributed by atoms with Crippen LogP contribution < -0.4 is 5.56 Å². The van der Waals surface area contributed by atoms with Crippen molar-refractivity contribution in [2.75, 3.05) is 0 Å². The quantitative estimate of drug-likeness (QED) is 0.475. The van der Waals surface area contributed by atoms with E-state index < -0.39 is 0 Å². The van der Waals surface area contributed by atoms with Gasteiger partial charge in [0.15, 0.2) is 11.9 Å². The van der Waals surface area contributed by atoms with Crippen molar-refractivity contribution in [1.82, 2.24) is 24.9 Å². The molecule has 142 valence electrons. The van der Waals surface area contributed by atoms with Gasteiger partial charge < -0.3 is 14.5 Å². The van der Waals surface area contributed by atoms with Crippen LogP contribution in [-0.2, 0) is 0 Å². The summed E-state index contributed by atoms with van der Waals surface area (Å²) in [5, 5.41) is 11.2. The van der Waals surface area contributed by atoms with E-state index in [-0.39, 0.29) is 11.4 Å². The molecule has 2 N–H and O–H groups in total. The molecule has 4 aromatic rings. The number of nitrogens with zero attached hydrogens (tertiary/aromatic N) is 4. The van der Waals surface area contributed by atoms with E-state index in [1.54, 1.807) is 24.4 Å². The number of fused-ring (bicyclic) bond motifs is 2. The van der Waals surface area contributed by atoms with Gasteiger partial charge in [0.2, 0.25) is 11.4 Å². The highest BCUT2D eigenvalue weighted by Gasteiger charge is 2.01. The van der Waals surface area contributed by atoms with Crippen LogP contribution in [0.15, 0.2) is 88.8 Å². The molecule has 0 aliphatic heterocycles. The molecule has 0 fully saturated rings. The summed E-state index contributed by atoms with van der Waals surface area (Å²) >= 11 is 0. The number of aromatic hydroxyl groups is 1. The lowest BCUT2D eigenvalue weighted by atomic mass is 10.2. The number of H-pyrrole nitrogens is 1. The molecule has 0 amide bonds. The van der Waals surface area contributed by atoms with Gasteiger partial charge in [-0.1, -0.05) is 18.2 Å². The van der Waals surface area contributed by atoms with Crippen molar-refractivity contribution in [2.24, 2.45) is 0 Å². The molecule has 29 heavy (non-hydrogen) atoms. The summed E-state index contributed by atoms with van der Waals surface area (Å²) in [5.41, 5.74) is 1.87. The molecule has 2 aromatic carbocycles. The first-order valence-electron chi connectivity index (χ1n) is 8.65. The van der Waals surface area contributed by atoms with E-state index in [1.807, 2.05) is 24.3 Å². The average Bonchev–Trinajstić information content (AvgIpc) is 2.74. The van der Waals surface area contributed by atoms with Gasteiger partial charge in [-0.05, 0) is 30.3 Å². The molecule has 0 saturated heterocycles. The molecule has 4 rings (SSSR count). The SMILES string of the molecule is O=c1cccnc(O)coc2ccc3ncnc(nc4ccccc4c[nH]1)c3c2. The molecule has 0 saturated carbocycles. The van der Waals surface area contributed by atoms with Gasteiger partial charge >= 0.3 is 0 Å². The van der Waals surface area contributed by atoms with Crippen molar-refractivity contribution in [2.45, 2.75) is 0 Å².